The topological polar surface area (TPSA) is 82.1 Å². The molecule has 2 aromatic carbocycles. The lowest BCUT2D eigenvalue weighted by atomic mass is 10.2. The van der Waals surface area contributed by atoms with E-state index in [1.807, 2.05) is 94.9 Å². The second-order valence-corrected chi connectivity index (χ2v) is 10.8. The summed E-state index contributed by atoms with van der Waals surface area (Å²) in [4.78, 5) is 4.32. The van der Waals surface area contributed by atoms with Crippen molar-refractivity contribution in [2.45, 2.75) is 0 Å². The van der Waals surface area contributed by atoms with Crippen LogP contribution in [0, 0.1) is 0 Å². The Kier molecular flexibility index (Phi) is 15.9. The summed E-state index contributed by atoms with van der Waals surface area (Å²) in [5, 5.41) is 22.9. The molecule has 0 atom stereocenters. The van der Waals surface area contributed by atoms with Crippen molar-refractivity contribution in [3.63, 3.8) is 0 Å². The van der Waals surface area contributed by atoms with Crippen molar-refractivity contribution in [2.75, 3.05) is 63.4 Å². The zero-order chi connectivity index (χ0) is 28.2. The van der Waals surface area contributed by atoms with Crippen molar-refractivity contribution in [3.05, 3.63) is 71.7 Å². The number of benzene rings is 2. The molecule has 0 spiro atoms. The molecule has 4 aromatic rings. The summed E-state index contributed by atoms with van der Waals surface area (Å²) in [7, 11) is 8.02. The highest BCUT2D eigenvalue weighted by Crippen LogP contribution is 2.23. The summed E-state index contributed by atoms with van der Waals surface area (Å²) >= 11 is 3.12. The van der Waals surface area contributed by atoms with E-state index in [4.69, 9.17) is 9.47 Å². The predicted molar refractivity (Wildman–Crippen MR) is 160 cm³/mol. The Balaban J connectivity index is 0.00000308. The number of nitrogens with zero attached hydrogens (tertiary/aromatic N) is 8. The summed E-state index contributed by atoms with van der Waals surface area (Å²) in [6.45, 7) is 3.97. The first-order valence-electron chi connectivity index (χ1n) is 13.0. The third-order valence-corrected chi connectivity index (χ3v) is 7.79. The first-order chi connectivity index (χ1) is 19.5. The summed E-state index contributed by atoms with van der Waals surface area (Å²) < 4.78 is 15.4. The second kappa shape index (κ2) is 18.8. The SMILES string of the molecule is CN(CCOCCOCCN(C)c1ccc(N=Nc2scc[n+]2C)cc1)c1ccc(N=Nc2scc[n+]2C)cc1.[Br-].[Br-]. The average molecular weight is 741 g/mol. The quantitative estimate of drug-likeness (QED) is 0.0971. The molecule has 2 heterocycles. The number of azo groups is 2. The molecule has 4 rings (SSSR count). The van der Waals surface area contributed by atoms with Gasteiger partial charge in [0.15, 0.2) is 0 Å². The number of aryl methyl sites for hydroxylation is 2. The molecule has 42 heavy (non-hydrogen) atoms. The second-order valence-electron chi connectivity index (χ2n) is 9.09. The number of halogens is 2. The molecular weight excluding hydrogens is 704 g/mol. The minimum absolute atomic E-state index is 0. The number of ether oxygens (including phenoxy) is 2. The molecular formula is C28H36Br2N8O2S2. The first kappa shape index (κ1) is 35.6. The molecule has 0 saturated carbocycles. The summed E-state index contributed by atoms with van der Waals surface area (Å²) in [6.07, 6.45) is 3.93. The largest absolute Gasteiger partial charge is 1.00 e. The maximum atomic E-state index is 5.77. The number of thiazole rings is 2. The van der Waals surface area contributed by atoms with Gasteiger partial charge in [-0.25, -0.2) is 9.13 Å². The fraction of sp³-hybridized carbons (Fsp3) is 0.357. The van der Waals surface area contributed by atoms with Crippen LogP contribution in [-0.2, 0) is 23.6 Å². The number of rotatable bonds is 15. The highest BCUT2D eigenvalue weighted by atomic mass is 79.9. The van der Waals surface area contributed by atoms with Crippen molar-refractivity contribution in [1.82, 2.24) is 0 Å². The molecule has 10 nitrogen and oxygen atoms in total. The van der Waals surface area contributed by atoms with Gasteiger partial charge in [-0.05, 0) is 81.4 Å². The third kappa shape index (κ3) is 11.2. The van der Waals surface area contributed by atoms with E-state index >= 15 is 0 Å². The Hall–Kier alpha value is -2.62. The maximum absolute atomic E-state index is 5.77. The smallest absolute Gasteiger partial charge is 0.408 e. The van der Waals surface area contributed by atoms with Crippen LogP contribution in [-0.4, -0.2) is 53.6 Å². The van der Waals surface area contributed by atoms with Gasteiger partial charge >= 0.3 is 10.3 Å². The lowest BCUT2D eigenvalue weighted by Gasteiger charge is -2.20. The van der Waals surface area contributed by atoms with Crippen molar-refractivity contribution < 1.29 is 52.6 Å². The number of hydrogen-bond donors (Lipinski definition) is 0. The standard InChI is InChI=1S/C28H36N8O2S2.2BrH/c1-33(25-9-5-23(6-10-25)29-31-27-35(3)15-21-39-27)13-17-37-19-20-38-18-14-34(2)26-11-7-24(8-12-26)30-32-28-36(4)16-22-40-28;;/h5-12,15-16,21-22H,13-14,17-20H2,1-4H3;2*1H/q+2;;/p-2. The minimum atomic E-state index is 0. The molecule has 0 aliphatic heterocycles. The molecule has 0 unspecified atom stereocenters. The molecule has 0 saturated heterocycles. The van der Waals surface area contributed by atoms with Crippen LogP contribution in [0.15, 0.2) is 92.1 Å². The first-order valence-corrected chi connectivity index (χ1v) is 14.7. The van der Waals surface area contributed by atoms with E-state index < -0.39 is 0 Å². The minimum Gasteiger partial charge on any atom is -1.00 e. The van der Waals surface area contributed by atoms with Crippen molar-refractivity contribution >= 4 is 55.7 Å². The molecule has 226 valence electrons. The Morgan fingerprint density at radius 3 is 1.31 bits per heavy atom. The van der Waals surface area contributed by atoms with Gasteiger partial charge in [0.1, 0.15) is 23.8 Å². The van der Waals surface area contributed by atoms with Crippen LogP contribution in [0.1, 0.15) is 0 Å². The van der Waals surface area contributed by atoms with E-state index in [1.54, 1.807) is 22.7 Å². The van der Waals surface area contributed by atoms with E-state index in [9.17, 15) is 0 Å². The van der Waals surface area contributed by atoms with Crippen LogP contribution < -0.4 is 52.9 Å². The summed E-state index contributed by atoms with van der Waals surface area (Å²) in [6, 6.07) is 16.1. The van der Waals surface area contributed by atoms with Gasteiger partial charge in [0.05, 0.1) is 50.8 Å². The van der Waals surface area contributed by atoms with Gasteiger partial charge in [0, 0.05) is 49.3 Å². The zero-order valence-corrected chi connectivity index (χ0v) is 28.9. The summed E-state index contributed by atoms with van der Waals surface area (Å²) in [5.41, 5.74) is 3.87. The van der Waals surface area contributed by atoms with Crippen molar-refractivity contribution in [3.8, 4) is 0 Å². The average Bonchev–Trinajstić information content (AvgIpc) is 3.59. The van der Waals surface area contributed by atoms with E-state index in [-0.39, 0.29) is 34.0 Å². The van der Waals surface area contributed by atoms with Crippen LogP contribution in [0.4, 0.5) is 33.0 Å². The maximum Gasteiger partial charge on any atom is 0.408 e. The Labute approximate surface area is 276 Å². The number of likely N-dealkylation sites (N-methyl/N-ethyl adjacent to an activating group) is 2. The zero-order valence-electron chi connectivity index (χ0n) is 24.1. The Morgan fingerprint density at radius 2 is 0.976 bits per heavy atom. The third-order valence-electron chi connectivity index (χ3n) is 6.12. The highest BCUT2D eigenvalue weighted by Gasteiger charge is 2.09. The van der Waals surface area contributed by atoms with Crippen LogP contribution >= 0.6 is 22.7 Å². The van der Waals surface area contributed by atoms with Gasteiger partial charge in [-0.3, -0.25) is 0 Å². The lowest BCUT2D eigenvalue weighted by Crippen LogP contribution is -3.00. The number of aromatic nitrogens is 2. The van der Waals surface area contributed by atoms with Gasteiger partial charge < -0.3 is 53.2 Å². The van der Waals surface area contributed by atoms with Crippen molar-refractivity contribution in [1.29, 1.82) is 0 Å². The van der Waals surface area contributed by atoms with E-state index in [0.717, 1.165) is 46.1 Å². The monoisotopic (exact) mass is 738 g/mol. The molecule has 0 amide bonds. The van der Waals surface area contributed by atoms with Crippen molar-refractivity contribution in [2.24, 2.45) is 34.6 Å². The molecule has 0 aliphatic rings. The predicted octanol–water partition coefficient (Wildman–Crippen LogP) is -0.0968. The van der Waals surface area contributed by atoms with Gasteiger partial charge in [-0.15, -0.1) is 0 Å². The van der Waals surface area contributed by atoms with Gasteiger partial charge in [-0.2, -0.15) is 0 Å². The van der Waals surface area contributed by atoms with E-state index in [1.165, 1.54) is 0 Å². The number of anilines is 2. The fourth-order valence-corrected chi connectivity index (χ4v) is 4.94. The highest BCUT2D eigenvalue weighted by molar-refractivity contribution is 7.13. The van der Waals surface area contributed by atoms with Crippen LogP contribution in [0.25, 0.3) is 0 Å². The van der Waals surface area contributed by atoms with Gasteiger partial charge in [0.2, 0.25) is 0 Å². The molecule has 0 N–H and O–H groups in total. The molecule has 14 heteroatoms. The Morgan fingerprint density at radius 1 is 0.595 bits per heavy atom. The number of hydrogen-bond acceptors (Lipinski definition) is 10. The lowest BCUT2D eigenvalue weighted by molar-refractivity contribution is -0.654. The van der Waals surface area contributed by atoms with Gasteiger partial charge in [-0.1, -0.05) is 0 Å². The van der Waals surface area contributed by atoms with E-state index in [0.29, 0.717) is 26.4 Å². The fourth-order valence-electron chi connectivity index (χ4n) is 3.58. The van der Waals surface area contributed by atoms with Crippen LogP contribution in [0.2, 0.25) is 0 Å². The molecule has 0 fully saturated rings. The molecule has 0 bridgehead atoms. The Bertz CT molecular complexity index is 1280. The molecule has 2 aromatic heterocycles. The molecule has 0 aliphatic carbocycles. The van der Waals surface area contributed by atoms with E-state index in [2.05, 4.69) is 44.4 Å². The van der Waals surface area contributed by atoms with Crippen LogP contribution in [0.5, 0.6) is 0 Å². The normalized spacial score (nSPS) is 11.0. The van der Waals surface area contributed by atoms with Gasteiger partial charge in [0.25, 0.3) is 0 Å². The van der Waals surface area contributed by atoms with Crippen LogP contribution in [0.3, 0.4) is 0 Å². The summed E-state index contributed by atoms with van der Waals surface area (Å²) in [5.74, 6) is 0. The molecule has 0 radical (unpaired) electrons.